The fraction of sp³-hybridized carbons (Fsp3) is 0. The molecule has 0 aliphatic heterocycles. The number of nitrogens with two attached hydrogens (primary N) is 1. The van der Waals surface area contributed by atoms with Gasteiger partial charge < -0.3 is 5.73 Å². The number of carbonyl (C=O) groups is 1. The second-order valence-electron chi connectivity index (χ2n) is 3.18. The van der Waals surface area contributed by atoms with Gasteiger partial charge in [-0.3, -0.25) is 14.2 Å². The molecule has 16 heavy (non-hydrogen) atoms. The van der Waals surface area contributed by atoms with Gasteiger partial charge in [0.05, 0.1) is 6.20 Å². The van der Waals surface area contributed by atoms with Crippen molar-refractivity contribution in [2.75, 3.05) is 0 Å². The van der Waals surface area contributed by atoms with Crippen molar-refractivity contribution in [3.8, 4) is 5.69 Å². The first-order valence-electron chi connectivity index (χ1n) is 4.62. The normalized spacial score (nSPS) is 10.0. The average molecular weight is 215 g/mol. The van der Waals surface area contributed by atoms with Gasteiger partial charge in [-0.05, 0) is 12.1 Å². The van der Waals surface area contributed by atoms with Crippen LogP contribution in [0, 0.1) is 0 Å². The predicted octanol–water partition coefficient (Wildman–Crippen LogP) is 0.331. The Morgan fingerprint density at radius 2 is 1.94 bits per heavy atom. The van der Waals surface area contributed by atoms with Crippen LogP contribution >= 0.6 is 0 Å². The second-order valence-corrected chi connectivity index (χ2v) is 3.18. The third-order valence-corrected chi connectivity index (χ3v) is 2.09. The van der Waals surface area contributed by atoms with Crippen molar-refractivity contribution < 1.29 is 4.79 Å². The molecule has 0 aliphatic rings. The fourth-order valence-corrected chi connectivity index (χ4v) is 1.32. The predicted molar refractivity (Wildman–Crippen MR) is 58.4 cm³/mol. The lowest BCUT2D eigenvalue weighted by atomic mass is 10.3. The molecule has 2 rings (SSSR count). The average Bonchev–Trinajstić information content (AvgIpc) is 2.30. The number of rotatable bonds is 2. The van der Waals surface area contributed by atoms with E-state index in [4.69, 9.17) is 5.73 Å². The monoisotopic (exact) mass is 215 g/mol. The van der Waals surface area contributed by atoms with Gasteiger partial charge in [-0.15, -0.1) is 0 Å². The summed E-state index contributed by atoms with van der Waals surface area (Å²) in [5.74, 6) is -0.662. The number of para-hydroxylation sites is 1. The van der Waals surface area contributed by atoms with E-state index in [0.717, 1.165) is 6.20 Å². The molecule has 80 valence electrons. The third-order valence-electron chi connectivity index (χ3n) is 2.09. The van der Waals surface area contributed by atoms with Gasteiger partial charge in [0.1, 0.15) is 5.69 Å². The van der Waals surface area contributed by atoms with Crippen LogP contribution in [0.15, 0.2) is 47.5 Å². The van der Waals surface area contributed by atoms with E-state index in [2.05, 4.69) is 4.98 Å². The summed E-state index contributed by atoms with van der Waals surface area (Å²) in [6.07, 6.45) is 2.41. The maximum absolute atomic E-state index is 11.5. The van der Waals surface area contributed by atoms with Crippen LogP contribution in [0.3, 0.4) is 0 Å². The summed E-state index contributed by atoms with van der Waals surface area (Å²) in [6, 6.07) is 8.95. The molecule has 2 N–H and O–H groups in total. The minimum Gasteiger partial charge on any atom is -0.364 e. The summed E-state index contributed by atoms with van der Waals surface area (Å²) < 4.78 is 1.33. The molecule has 0 saturated heterocycles. The topological polar surface area (TPSA) is 78.0 Å². The van der Waals surface area contributed by atoms with E-state index in [1.165, 1.54) is 10.8 Å². The minimum absolute atomic E-state index is 0.0588. The smallest absolute Gasteiger partial charge is 0.273 e. The van der Waals surface area contributed by atoms with Crippen molar-refractivity contribution in [3.05, 3.63) is 58.8 Å². The SMILES string of the molecule is NC(=O)c1cn(-c2ccccc2)c(=O)cn1. The molecule has 0 bridgehead atoms. The summed E-state index contributed by atoms with van der Waals surface area (Å²) in [5.41, 5.74) is 5.51. The highest BCUT2D eigenvalue weighted by Gasteiger charge is 2.05. The number of carbonyl (C=O) groups excluding carboxylic acids is 1. The Hall–Kier alpha value is -2.43. The van der Waals surface area contributed by atoms with E-state index in [0.29, 0.717) is 5.69 Å². The van der Waals surface area contributed by atoms with Crippen molar-refractivity contribution >= 4 is 5.91 Å². The largest absolute Gasteiger partial charge is 0.364 e. The molecule has 0 spiro atoms. The zero-order valence-corrected chi connectivity index (χ0v) is 8.33. The number of primary amides is 1. The number of nitrogens with zero attached hydrogens (tertiary/aromatic N) is 2. The summed E-state index contributed by atoms with van der Waals surface area (Å²) in [7, 11) is 0. The number of benzene rings is 1. The quantitative estimate of drug-likeness (QED) is 0.784. The molecule has 2 aromatic rings. The van der Waals surface area contributed by atoms with Crippen LogP contribution in [0.25, 0.3) is 5.69 Å². The van der Waals surface area contributed by atoms with E-state index < -0.39 is 5.91 Å². The van der Waals surface area contributed by atoms with E-state index in [-0.39, 0.29) is 11.3 Å². The van der Waals surface area contributed by atoms with Crippen LogP contribution in [-0.4, -0.2) is 15.5 Å². The molecule has 1 aromatic heterocycles. The Balaban J connectivity index is 2.61. The summed E-state index contributed by atoms with van der Waals surface area (Å²) in [5, 5.41) is 0. The third kappa shape index (κ3) is 1.83. The molecular formula is C11H9N3O2. The molecule has 0 fully saturated rings. The lowest BCUT2D eigenvalue weighted by molar-refractivity contribution is 0.0995. The highest BCUT2D eigenvalue weighted by atomic mass is 16.1. The Morgan fingerprint density at radius 3 is 2.56 bits per heavy atom. The maximum Gasteiger partial charge on any atom is 0.273 e. The van der Waals surface area contributed by atoms with Gasteiger partial charge in [-0.2, -0.15) is 0 Å². The number of hydrogen-bond acceptors (Lipinski definition) is 3. The Labute approximate surface area is 91.2 Å². The second kappa shape index (κ2) is 3.98. The van der Waals surface area contributed by atoms with E-state index in [1.54, 1.807) is 24.3 Å². The molecule has 0 radical (unpaired) electrons. The number of hydrogen-bond donors (Lipinski definition) is 1. The highest BCUT2D eigenvalue weighted by molar-refractivity contribution is 5.90. The van der Waals surface area contributed by atoms with Crippen molar-refractivity contribution in [1.29, 1.82) is 0 Å². The first kappa shape index (κ1) is 10.1. The lowest BCUT2D eigenvalue weighted by Crippen LogP contribution is -2.22. The van der Waals surface area contributed by atoms with Crippen molar-refractivity contribution in [2.45, 2.75) is 0 Å². The van der Waals surface area contributed by atoms with Gasteiger partial charge in [-0.1, -0.05) is 18.2 Å². The lowest BCUT2D eigenvalue weighted by Gasteiger charge is -2.05. The highest BCUT2D eigenvalue weighted by Crippen LogP contribution is 2.03. The maximum atomic E-state index is 11.5. The van der Waals surface area contributed by atoms with Crippen LogP contribution in [0.4, 0.5) is 0 Å². The zero-order valence-electron chi connectivity index (χ0n) is 8.33. The van der Waals surface area contributed by atoms with Crippen molar-refractivity contribution in [1.82, 2.24) is 9.55 Å². The van der Waals surface area contributed by atoms with Gasteiger partial charge in [0, 0.05) is 11.9 Å². The molecule has 0 aliphatic carbocycles. The van der Waals surface area contributed by atoms with Crippen molar-refractivity contribution in [2.24, 2.45) is 5.73 Å². The molecule has 0 unspecified atom stereocenters. The van der Waals surface area contributed by atoms with Crippen LogP contribution < -0.4 is 11.3 Å². The van der Waals surface area contributed by atoms with Crippen LogP contribution in [0.5, 0.6) is 0 Å². The number of amides is 1. The number of aromatic nitrogens is 2. The standard InChI is InChI=1S/C11H9N3O2/c12-11(16)9-7-14(10(15)6-13-9)8-4-2-1-3-5-8/h1-7H,(H2,12,16). The van der Waals surface area contributed by atoms with Gasteiger partial charge >= 0.3 is 0 Å². The van der Waals surface area contributed by atoms with Gasteiger partial charge in [-0.25, -0.2) is 4.98 Å². The molecule has 1 aromatic carbocycles. The molecule has 0 saturated carbocycles. The molecule has 0 atom stereocenters. The summed E-state index contributed by atoms with van der Waals surface area (Å²) in [6.45, 7) is 0. The first-order valence-corrected chi connectivity index (χ1v) is 4.62. The molecule has 1 amide bonds. The van der Waals surface area contributed by atoms with Crippen molar-refractivity contribution in [3.63, 3.8) is 0 Å². The zero-order chi connectivity index (χ0) is 11.5. The summed E-state index contributed by atoms with van der Waals surface area (Å²) in [4.78, 5) is 26.1. The molecule has 1 heterocycles. The van der Waals surface area contributed by atoms with E-state index in [9.17, 15) is 9.59 Å². The van der Waals surface area contributed by atoms with Gasteiger partial charge in [0.2, 0.25) is 0 Å². The first-order chi connectivity index (χ1) is 7.68. The van der Waals surface area contributed by atoms with Gasteiger partial charge in [0.15, 0.2) is 0 Å². The van der Waals surface area contributed by atoms with E-state index in [1.807, 2.05) is 6.07 Å². The Morgan fingerprint density at radius 1 is 1.25 bits per heavy atom. The van der Waals surface area contributed by atoms with Gasteiger partial charge in [0.25, 0.3) is 11.5 Å². The van der Waals surface area contributed by atoms with E-state index >= 15 is 0 Å². The minimum atomic E-state index is -0.662. The Bertz CT molecular complexity index is 575. The summed E-state index contributed by atoms with van der Waals surface area (Å²) >= 11 is 0. The van der Waals surface area contributed by atoms with Crippen LogP contribution in [0.1, 0.15) is 10.5 Å². The van der Waals surface area contributed by atoms with Crippen LogP contribution in [-0.2, 0) is 0 Å². The molecule has 5 nitrogen and oxygen atoms in total. The Kier molecular flexibility index (Phi) is 2.51. The fourth-order valence-electron chi connectivity index (χ4n) is 1.32. The molecular weight excluding hydrogens is 206 g/mol. The molecule has 5 heteroatoms. The van der Waals surface area contributed by atoms with Crippen LogP contribution in [0.2, 0.25) is 0 Å².